The van der Waals surface area contributed by atoms with E-state index in [4.69, 9.17) is 9.31 Å². The molecule has 2 heterocycles. The first kappa shape index (κ1) is 14.8. The molecule has 104 valence electrons. The number of thiophene rings is 1. The summed E-state index contributed by atoms with van der Waals surface area (Å²) in [6.45, 7) is 12.3. The molecule has 0 aliphatic carbocycles. The maximum absolute atomic E-state index is 6.16. The van der Waals surface area contributed by atoms with Gasteiger partial charge in [-0.1, -0.05) is 6.08 Å². The fourth-order valence-corrected chi connectivity index (χ4v) is 2.98. The Balaban J connectivity index is 2.10. The minimum Gasteiger partial charge on any atom is -0.403 e. The number of allylic oxidation sites excluding steroid dienone is 1. The molecule has 1 aliphatic rings. The average Bonchev–Trinajstić information content (AvgIpc) is 2.85. The Morgan fingerprint density at radius 2 is 1.95 bits per heavy atom. The lowest BCUT2D eigenvalue weighted by Gasteiger charge is -2.32. The van der Waals surface area contributed by atoms with Crippen molar-refractivity contribution in [3.8, 4) is 0 Å². The lowest BCUT2D eigenvalue weighted by molar-refractivity contribution is 0.00578. The predicted octanol–water partition coefficient (Wildman–Crippen LogP) is 4.33. The average molecular weight is 278 g/mol. The summed E-state index contributed by atoms with van der Waals surface area (Å²) < 4.78 is 12.3. The van der Waals surface area contributed by atoms with Gasteiger partial charge < -0.3 is 9.31 Å². The Labute approximate surface area is 121 Å². The van der Waals surface area contributed by atoms with E-state index < -0.39 is 0 Å². The maximum atomic E-state index is 6.16. The molecular formula is C15H23BO2S. The van der Waals surface area contributed by atoms with Crippen molar-refractivity contribution in [2.24, 2.45) is 0 Å². The number of rotatable bonds is 5. The van der Waals surface area contributed by atoms with Crippen molar-refractivity contribution in [3.63, 3.8) is 0 Å². The first-order valence-corrected chi connectivity index (χ1v) is 7.77. The summed E-state index contributed by atoms with van der Waals surface area (Å²) >= 11 is 1.73. The van der Waals surface area contributed by atoms with E-state index in [1.807, 2.05) is 6.08 Å². The summed E-state index contributed by atoms with van der Waals surface area (Å²) in [6.07, 6.45) is 3.85. The zero-order chi connectivity index (χ0) is 14.1. The van der Waals surface area contributed by atoms with Gasteiger partial charge in [0.1, 0.15) is 0 Å². The summed E-state index contributed by atoms with van der Waals surface area (Å²) in [7, 11) is -0.150. The van der Waals surface area contributed by atoms with Gasteiger partial charge >= 0.3 is 7.12 Å². The second kappa shape index (κ2) is 5.43. The normalized spacial score (nSPS) is 22.4. The molecule has 0 radical (unpaired) electrons. The van der Waals surface area contributed by atoms with Crippen molar-refractivity contribution in [1.29, 1.82) is 0 Å². The third-order valence-corrected chi connectivity index (χ3v) is 4.94. The molecule has 1 aliphatic heterocycles. The molecule has 0 bridgehead atoms. The molecule has 0 aromatic carbocycles. The fraction of sp³-hybridized carbons (Fsp3) is 0.600. The standard InChI is InChI=1S/C15H23BO2S/c1-6-7-13(10-12-8-9-19-11-12)16-17-14(2,3)15(4,5)18-16/h6,8-9,11,13H,1,7,10H2,2-5H3. The Kier molecular flexibility index (Phi) is 4.24. The van der Waals surface area contributed by atoms with Gasteiger partial charge in [0.15, 0.2) is 0 Å². The molecule has 1 saturated heterocycles. The molecule has 1 aromatic rings. The minimum absolute atomic E-state index is 0.150. The van der Waals surface area contributed by atoms with Crippen LogP contribution < -0.4 is 0 Å². The van der Waals surface area contributed by atoms with Gasteiger partial charge in [0.25, 0.3) is 0 Å². The van der Waals surface area contributed by atoms with E-state index in [0.29, 0.717) is 5.82 Å². The second-order valence-electron chi connectivity index (χ2n) is 6.24. The van der Waals surface area contributed by atoms with Crippen LogP contribution in [-0.4, -0.2) is 18.3 Å². The molecule has 19 heavy (non-hydrogen) atoms. The van der Waals surface area contributed by atoms with Crippen molar-refractivity contribution < 1.29 is 9.31 Å². The van der Waals surface area contributed by atoms with Gasteiger partial charge in [-0.05, 0) is 62.9 Å². The highest BCUT2D eigenvalue weighted by Crippen LogP contribution is 2.41. The Hall–Kier alpha value is -0.575. The van der Waals surface area contributed by atoms with Crippen molar-refractivity contribution in [1.82, 2.24) is 0 Å². The summed E-state index contributed by atoms with van der Waals surface area (Å²) in [6, 6.07) is 2.17. The van der Waals surface area contributed by atoms with Gasteiger partial charge in [-0.25, -0.2) is 0 Å². The molecule has 1 unspecified atom stereocenters. The number of hydrogen-bond acceptors (Lipinski definition) is 3. The van der Waals surface area contributed by atoms with E-state index >= 15 is 0 Å². The van der Waals surface area contributed by atoms with Crippen LogP contribution in [0.2, 0.25) is 5.82 Å². The second-order valence-corrected chi connectivity index (χ2v) is 7.02. The molecule has 2 rings (SSSR count). The largest absolute Gasteiger partial charge is 0.461 e. The van der Waals surface area contributed by atoms with Gasteiger partial charge in [0, 0.05) is 5.82 Å². The highest BCUT2D eigenvalue weighted by molar-refractivity contribution is 7.07. The number of hydrogen-bond donors (Lipinski definition) is 0. The van der Waals surface area contributed by atoms with Crippen molar-refractivity contribution in [2.75, 3.05) is 0 Å². The van der Waals surface area contributed by atoms with Crippen molar-refractivity contribution >= 4 is 18.5 Å². The van der Waals surface area contributed by atoms with Gasteiger partial charge in [-0.15, -0.1) is 6.58 Å². The Morgan fingerprint density at radius 3 is 2.42 bits per heavy atom. The smallest absolute Gasteiger partial charge is 0.403 e. The molecule has 0 saturated carbocycles. The third-order valence-electron chi connectivity index (χ3n) is 4.20. The molecule has 0 N–H and O–H groups in total. The molecule has 0 spiro atoms. The fourth-order valence-electron chi connectivity index (χ4n) is 2.30. The third kappa shape index (κ3) is 3.12. The maximum Gasteiger partial charge on any atom is 0.461 e. The van der Waals surface area contributed by atoms with Crippen LogP contribution in [0.15, 0.2) is 29.5 Å². The van der Waals surface area contributed by atoms with E-state index in [2.05, 4.69) is 51.1 Å². The zero-order valence-electron chi connectivity index (χ0n) is 12.3. The van der Waals surface area contributed by atoms with Gasteiger partial charge in [-0.3, -0.25) is 0 Å². The SMILES string of the molecule is C=CCC(Cc1ccsc1)B1OC(C)(C)C(C)(C)O1. The van der Waals surface area contributed by atoms with E-state index in [9.17, 15) is 0 Å². The molecule has 1 atom stereocenters. The first-order chi connectivity index (χ1) is 8.86. The lowest BCUT2D eigenvalue weighted by atomic mass is 9.67. The van der Waals surface area contributed by atoms with Gasteiger partial charge in [0.05, 0.1) is 11.2 Å². The van der Waals surface area contributed by atoms with Crippen LogP contribution in [0, 0.1) is 0 Å². The zero-order valence-corrected chi connectivity index (χ0v) is 13.1. The van der Waals surface area contributed by atoms with E-state index in [-0.39, 0.29) is 18.3 Å². The van der Waals surface area contributed by atoms with Crippen LogP contribution in [0.1, 0.15) is 39.7 Å². The van der Waals surface area contributed by atoms with Crippen LogP contribution in [0.25, 0.3) is 0 Å². The first-order valence-electron chi connectivity index (χ1n) is 6.83. The monoisotopic (exact) mass is 278 g/mol. The topological polar surface area (TPSA) is 18.5 Å². The summed E-state index contributed by atoms with van der Waals surface area (Å²) in [5, 5.41) is 4.31. The van der Waals surface area contributed by atoms with Crippen LogP contribution >= 0.6 is 11.3 Å². The van der Waals surface area contributed by atoms with E-state index in [0.717, 1.165) is 12.8 Å². The predicted molar refractivity (Wildman–Crippen MR) is 82.7 cm³/mol. The molecule has 2 nitrogen and oxygen atoms in total. The molecule has 1 fully saturated rings. The van der Waals surface area contributed by atoms with Crippen LogP contribution in [0.5, 0.6) is 0 Å². The van der Waals surface area contributed by atoms with Crippen LogP contribution in [0.3, 0.4) is 0 Å². The van der Waals surface area contributed by atoms with Crippen LogP contribution in [-0.2, 0) is 15.7 Å². The molecule has 1 aromatic heterocycles. The van der Waals surface area contributed by atoms with E-state index in [1.165, 1.54) is 5.56 Å². The van der Waals surface area contributed by atoms with Crippen molar-refractivity contribution in [2.45, 2.75) is 57.6 Å². The molecule has 4 heteroatoms. The minimum atomic E-state index is -0.258. The highest BCUT2D eigenvalue weighted by Gasteiger charge is 2.53. The van der Waals surface area contributed by atoms with Gasteiger partial charge in [0.2, 0.25) is 0 Å². The molecular weight excluding hydrogens is 255 g/mol. The lowest BCUT2D eigenvalue weighted by Crippen LogP contribution is -2.41. The molecule has 0 amide bonds. The van der Waals surface area contributed by atoms with Gasteiger partial charge in [-0.2, -0.15) is 11.3 Å². The Morgan fingerprint density at radius 1 is 1.32 bits per heavy atom. The quantitative estimate of drug-likeness (QED) is 0.589. The van der Waals surface area contributed by atoms with Crippen LogP contribution in [0.4, 0.5) is 0 Å². The highest BCUT2D eigenvalue weighted by atomic mass is 32.1. The summed E-state index contributed by atoms with van der Waals surface area (Å²) in [4.78, 5) is 0. The van der Waals surface area contributed by atoms with E-state index in [1.54, 1.807) is 11.3 Å². The summed E-state index contributed by atoms with van der Waals surface area (Å²) in [5.74, 6) is 0.327. The van der Waals surface area contributed by atoms with Crippen molar-refractivity contribution in [3.05, 3.63) is 35.0 Å². The Bertz CT molecular complexity index is 409. The summed E-state index contributed by atoms with van der Waals surface area (Å²) in [5.41, 5.74) is 0.837.